The standard InChI is InChI=1S/C40H48N2O11/c1-40(2,3)52-39(46)53-42-20-8-11-34(33(23-42)41-37(44)27-16-18-31(19-17-27)49-24-47-4)51-38(45)28-14-12-26(13-15-28)36(43)32-21-29-9-6-7-10-30(29)22-35(32)50-25-48-5/h12-19,21-22,33-34H,6-11,20,23-25H2,1-5H3,(H,41,44)/t33-,34-/m1/s1. The molecule has 5 rings (SSSR count). The molecule has 13 nitrogen and oxygen atoms in total. The van der Waals surface area contributed by atoms with Crippen molar-refractivity contribution in [2.75, 3.05) is 40.9 Å². The summed E-state index contributed by atoms with van der Waals surface area (Å²) in [6.45, 7) is 5.60. The van der Waals surface area contributed by atoms with Gasteiger partial charge < -0.3 is 38.6 Å². The fourth-order valence-corrected chi connectivity index (χ4v) is 6.22. The molecule has 3 aromatic rings. The van der Waals surface area contributed by atoms with Gasteiger partial charge in [-0.2, -0.15) is 0 Å². The Morgan fingerprint density at radius 1 is 0.792 bits per heavy atom. The highest BCUT2D eigenvalue weighted by molar-refractivity contribution is 6.11. The van der Waals surface area contributed by atoms with Crippen LogP contribution in [0.5, 0.6) is 11.5 Å². The second-order valence-corrected chi connectivity index (χ2v) is 14.0. The number of esters is 1. The van der Waals surface area contributed by atoms with Gasteiger partial charge in [-0.1, -0.05) is 12.1 Å². The van der Waals surface area contributed by atoms with Gasteiger partial charge in [-0.3, -0.25) is 9.59 Å². The minimum atomic E-state index is -0.882. The zero-order chi connectivity index (χ0) is 38.0. The monoisotopic (exact) mass is 732 g/mol. The molecule has 0 saturated carbocycles. The minimum Gasteiger partial charge on any atom is -0.468 e. The molecule has 2 atom stereocenters. The number of aryl methyl sites for hydroxylation is 2. The van der Waals surface area contributed by atoms with Crippen LogP contribution in [0.2, 0.25) is 0 Å². The van der Waals surface area contributed by atoms with E-state index in [1.165, 1.54) is 24.8 Å². The average Bonchev–Trinajstić information content (AvgIpc) is 3.32. The maximum absolute atomic E-state index is 13.7. The number of hydrogen-bond donors (Lipinski definition) is 1. The SMILES string of the molecule is COCOc1ccc(C(=O)N[C@@H]2CN(OC(=O)OC(C)(C)C)CCC[C@H]2OC(=O)c2ccc(C(=O)c3cc4c(cc3OCOC)CCCC4)cc2)cc1. The third-order valence-corrected chi connectivity index (χ3v) is 8.78. The van der Waals surface area contributed by atoms with Crippen LogP contribution in [-0.2, 0) is 36.6 Å². The van der Waals surface area contributed by atoms with E-state index in [1.807, 2.05) is 12.1 Å². The van der Waals surface area contributed by atoms with Crippen LogP contribution in [-0.4, -0.2) is 87.5 Å². The first-order valence-corrected chi connectivity index (χ1v) is 17.8. The van der Waals surface area contributed by atoms with E-state index >= 15 is 0 Å². The number of benzene rings is 3. The zero-order valence-electron chi connectivity index (χ0n) is 30.9. The number of nitrogens with zero attached hydrogens (tertiary/aromatic N) is 1. The largest absolute Gasteiger partial charge is 0.528 e. The van der Waals surface area contributed by atoms with Gasteiger partial charge in [-0.05, 0) is 119 Å². The number of hydroxylamine groups is 2. The molecule has 0 aromatic heterocycles. The van der Waals surface area contributed by atoms with Crippen LogP contribution in [0, 0.1) is 0 Å². The summed E-state index contributed by atoms with van der Waals surface area (Å²) in [7, 11) is 3.03. The van der Waals surface area contributed by atoms with Gasteiger partial charge in [0.2, 0.25) is 0 Å². The van der Waals surface area contributed by atoms with E-state index in [2.05, 4.69) is 5.32 Å². The van der Waals surface area contributed by atoms with Gasteiger partial charge in [0.1, 0.15) is 23.2 Å². The molecule has 1 saturated heterocycles. The highest BCUT2D eigenvalue weighted by atomic mass is 16.8. The van der Waals surface area contributed by atoms with E-state index in [0.29, 0.717) is 47.6 Å². The summed E-state index contributed by atoms with van der Waals surface area (Å²) < 4.78 is 32.6. The number of ketones is 1. The molecule has 0 bridgehead atoms. The molecule has 1 aliphatic carbocycles. The van der Waals surface area contributed by atoms with Crippen molar-refractivity contribution in [3.8, 4) is 11.5 Å². The average molecular weight is 733 g/mol. The Morgan fingerprint density at radius 2 is 1.42 bits per heavy atom. The first-order chi connectivity index (χ1) is 25.4. The second-order valence-electron chi connectivity index (χ2n) is 14.0. The van der Waals surface area contributed by atoms with Gasteiger partial charge >= 0.3 is 12.1 Å². The summed E-state index contributed by atoms with van der Waals surface area (Å²) in [5.74, 6) is -0.307. The van der Waals surface area contributed by atoms with Crippen molar-refractivity contribution in [3.05, 3.63) is 94.0 Å². The zero-order valence-corrected chi connectivity index (χ0v) is 30.9. The van der Waals surface area contributed by atoms with Gasteiger partial charge in [-0.25, -0.2) is 9.59 Å². The summed E-state index contributed by atoms with van der Waals surface area (Å²) in [6.07, 6.45) is 3.18. The molecular weight excluding hydrogens is 684 g/mol. The van der Waals surface area contributed by atoms with E-state index in [9.17, 15) is 19.2 Å². The first kappa shape index (κ1) is 39.2. The Balaban J connectivity index is 1.31. The Morgan fingerprint density at radius 3 is 2.08 bits per heavy atom. The minimum absolute atomic E-state index is 0.00741. The lowest BCUT2D eigenvalue weighted by Gasteiger charge is -2.29. The topological polar surface area (TPSA) is 148 Å². The van der Waals surface area contributed by atoms with Crippen molar-refractivity contribution in [2.45, 2.75) is 77.0 Å². The summed E-state index contributed by atoms with van der Waals surface area (Å²) in [4.78, 5) is 58.7. The maximum Gasteiger partial charge on any atom is 0.528 e. The third kappa shape index (κ3) is 11.0. The molecule has 13 heteroatoms. The van der Waals surface area contributed by atoms with Crippen molar-refractivity contribution in [3.63, 3.8) is 0 Å². The van der Waals surface area contributed by atoms with Crippen molar-refractivity contribution < 1.29 is 52.4 Å². The summed E-state index contributed by atoms with van der Waals surface area (Å²) >= 11 is 0. The highest BCUT2D eigenvalue weighted by Gasteiger charge is 2.34. The third-order valence-electron chi connectivity index (χ3n) is 8.78. The number of fused-ring (bicyclic) bond motifs is 1. The Hall–Kier alpha value is -4.98. The van der Waals surface area contributed by atoms with Gasteiger partial charge in [0, 0.05) is 31.9 Å². The Labute approximate surface area is 309 Å². The van der Waals surface area contributed by atoms with Crippen molar-refractivity contribution in [2.24, 2.45) is 0 Å². The molecule has 284 valence electrons. The van der Waals surface area contributed by atoms with Crippen LogP contribution in [0.1, 0.15) is 94.2 Å². The smallest absolute Gasteiger partial charge is 0.468 e. The number of nitrogens with one attached hydrogen (secondary N) is 1. The molecule has 3 aromatic carbocycles. The summed E-state index contributed by atoms with van der Waals surface area (Å²) in [5, 5.41) is 4.36. The molecule has 1 fully saturated rings. The molecule has 1 aliphatic heterocycles. The van der Waals surface area contributed by atoms with Gasteiger partial charge in [0.15, 0.2) is 19.4 Å². The molecule has 2 aliphatic rings. The lowest BCUT2D eigenvalue weighted by Crippen LogP contribution is -2.50. The van der Waals surface area contributed by atoms with Crippen LogP contribution in [0.25, 0.3) is 0 Å². The van der Waals surface area contributed by atoms with Crippen LogP contribution in [0.4, 0.5) is 4.79 Å². The maximum atomic E-state index is 13.7. The van der Waals surface area contributed by atoms with Crippen molar-refractivity contribution in [1.82, 2.24) is 10.4 Å². The van der Waals surface area contributed by atoms with Gasteiger partial charge in [-0.15, -0.1) is 5.06 Å². The van der Waals surface area contributed by atoms with E-state index in [-0.39, 0.29) is 31.5 Å². The quantitative estimate of drug-likeness (QED) is 0.124. The molecular formula is C40H48N2O11. The van der Waals surface area contributed by atoms with Crippen molar-refractivity contribution in [1.29, 1.82) is 0 Å². The van der Waals surface area contributed by atoms with Crippen LogP contribution in [0.15, 0.2) is 60.7 Å². The van der Waals surface area contributed by atoms with Crippen LogP contribution in [0.3, 0.4) is 0 Å². The normalized spacial score (nSPS) is 17.5. The second kappa shape index (κ2) is 18.2. The highest BCUT2D eigenvalue weighted by Crippen LogP contribution is 2.31. The molecule has 1 amide bonds. The molecule has 1 heterocycles. The number of carbonyl (C=O) groups is 4. The molecule has 0 radical (unpaired) electrons. The van der Waals surface area contributed by atoms with Crippen molar-refractivity contribution >= 4 is 23.8 Å². The van der Waals surface area contributed by atoms with Gasteiger partial charge in [0.05, 0.1) is 23.7 Å². The number of methoxy groups -OCH3 is 2. The molecule has 0 unspecified atom stereocenters. The Bertz CT molecular complexity index is 1730. The van der Waals surface area contributed by atoms with Crippen LogP contribution >= 0.6 is 0 Å². The number of rotatable bonds is 13. The predicted molar refractivity (Wildman–Crippen MR) is 193 cm³/mol. The number of amides is 1. The number of hydrogen-bond acceptors (Lipinski definition) is 12. The molecule has 0 spiro atoms. The van der Waals surface area contributed by atoms with E-state index in [0.717, 1.165) is 31.2 Å². The lowest BCUT2D eigenvalue weighted by atomic mass is 9.88. The van der Waals surface area contributed by atoms with E-state index < -0.39 is 35.8 Å². The van der Waals surface area contributed by atoms with E-state index in [4.69, 9.17) is 33.3 Å². The Kier molecular flexibility index (Phi) is 13.5. The molecule has 53 heavy (non-hydrogen) atoms. The summed E-state index contributed by atoms with van der Waals surface area (Å²) in [5.41, 5.74) is 2.93. The molecule has 1 N–H and O–H groups in total. The summed E-state index contributed by atoms with van der Waals surface area (Å²) in [6, 6.07) is 15.8. The lowest BCUT2D eigenvalue weighted by molar-refractivity contribution is -0.144. The van der Waals surface area contributed by atoms with Crippen LogP contribution < -0.4 is 14.8 Å². The number of ether oxygens (including phenoxy) is 6. The number of carbonyl (C=O) groups excluding carboxylic acids is 4. The first-order valence-electron chi connectivity index (χ1n) is 17.8. The van der Waals surface area contributed by atoms with Gasteiger partial charge in [0.25, 0.3) is 5.91 Å². The van der Waals surface area contributed by atoms with E-state index in [1.54, 1.807) is 69.3 Å². The fraction of sp³-hybridized carbons (Fsp3) is 0.450. The predicted octanol–water partition coefficient (Wildman–Crippen LogP) is 6.05. The fourth-order valence-electron chi connectivity index (χ4n) is 6.22.